The van der Waals surface area contributed by atoms with Gasteiger partial charge in [0.2, 0.25) is 0 Å². The molecule has 1 fully saturated rings. The maximum atomic E-state index is 10.7. The van der Waals surface area contributed by atoms with Crippen molar-refractivity contribution in [3.8, 4) is 6.07 Å². The van der Waals surface area contributed by atoms with Crippen LogP contribution in [0, 0.1) is 21.4 Å². The molecule has 0 saturated carbocycles. The number of hydrogen-bond acceptors (Lipinski definition) is 5. The average Bonchev–Trinajstić information content (AvgIpc) is 2.64. The highest BCUT2D eigenvalue weighted by Gasteiger charge is 2.26. The van der Waals surface area contributed by atoms with Crippen molar-refractivity contribution in [1.29, 1.82) is 5.26 Å². The zero-order valence-electron chi connectivity index (χ0n) is 9.80. The lowest BCUT2D eigenvalue weighted by molar-refractivity contribution is -0.529. The molecule has 0 radical (unpaired) electrons. The number of hydrogen-bond donors (Lipinski definition) is 2. The first kappa shape index (κ1) is 12.5. The lowest BCUT2D eigenvalue weighted by Crippen LogP contribution is -2.37. The van der Waals surface area contributed by atoms with Gasteiger partial charge in [0.1, 0.15) is 0 Å². The van der Waals surface area contributed by atoms with Crippen molar-refractivity contribution in [3.63, 3.8) is 0 Å². The summed E-state index contributed by atoms with van der Waals surface area (Å²) in [6.07, 6.45) is -0.269. The van der Waals surface area contributed by atoms with Crippen molar-refractivity contribution in [1.82, 2.24) is 10.6 Å². The van der Waals surface area contributed by atoms with Crippen LogP contribution >= 0.6 is 0 Å². The topological polar surface area (TPSA) is 91.0 Å². The molecule has 1 aliphatic heterocycles. The summed E-state index contributed by atoms with van der Waals surface area (Å²) < 4.78 is 0. The van der Waals surface area contributed by atoms with Crippen LogP contribution in [0.3, 0.4) is 0 Å². The van der Waals surface area contributed by atoms with Crippen LogP contribution in [0.5, 0.6) is 0 Å². The fraction of sp³-hybridized carbons (Fsp3) is 0.417. The molecule has 1 aromatic carbocycles. The van der Waals surface area contributed by atoms with Crippen LogP contribution in [0.1, 0.15) is 23.6 Å². The van der Waals surface area contributed by atoms with E-state index in [1.54, 1.807) is 6.07 Å². The predicted molar refractivity (Wildman–Crippen MR) is 65.3 cm³/mol. The number of nitrogens with one attached hydrogen (secondary N) is 2. The monoisotopic (exact) mass is 246 g/mol. The predicted octanol–water partition coefficient (Wildman–Crippen LogP) is 0.785. The van der Waals surface area contributed by atoms with Crippen LogP contribution in [0.4, 0.5) is 0 Å². The van der Waals surface area contributed by atoms with E-state index in [-0.39, 0.29) is 11.0 Å². The van der Waals surface area contributed by atoms with Crippen molar-refractivity contribution in [2.45, 2.75) is 18.6 Å². The molecular weight excluding hydrogens is 232 g/mol. The summed E-state index contributed by atoms with van der Waals surface area (Å²) in [4.78, 5) is 10.4. The Labute approximate surface area is 105 Å². The van der Waals surface area contributed by atoms with E-state index in [1.807, 2.05) is 18.2 Å². The average molecular weight is 246 g/mol. The molecule has 94 valence electrons. The van der Waals surface area contributed by atoms with E-state index in [2.05, 4.69) is 16.7 Å². The molecule has 1 saturated heterocycles. The normalized spacial score (nSPS) is 23.9. The van der Waals surface area contributed by atoms with Crippen LogP contribution in [0.25, 0.3) is 0 Å². The van der Waals surface area contributed by atoms with Crippen LogP contribution < -0.4 is 10.6 Å². The Bertz CT molecular complexity index is 483. The van der Waals surface area contributed by atoms with Gasteiger partial charge in [-0.15, -0.1) is 0 Å². The van der Waals surface area contributed by atoms with Crippen molar-refractivity contribution >= 4 is 0 Å². The Kier molecular flexibility index (Phi) is 3.87. The lowest BCUT2D eigenvalue weighted by Gasteiger charge is -2.17. The van der Waals surface area contributed by atoms with Gasteiger partial charge in [-0.05, 0) is 11.6 Å². The Hall–Kier alpha value is -1.97. The summed E-state index contributed by atoms with van der Waals surface area (Å²) in [6.45, 7) is 1.01. The second-order valence-electron chi connectivity index (χ2n) is 4.20. The third-order valence-electron chi connectivity index (χ3n) is 3.08. The number of nitrogens with zero attached hydrogens (tertiary/aromatic N) is 2. The summed E-state index contributed by atoms with van der Waals surface area (Å²) in [5, 5.41) is 25.9. The molecule has 6 nitrogen and oxygen atoms in total. The molecule has 2 N–H and O–H groups in total. The number of rotatable bonds is 2. The molecule has 0 aromatic heterocycles. The van der Waals surface area contributed by atoms with E-state index in [0.717, 1.165) is 5.56 Å². The third-order valence-corrected chi connectivity index (χ3v) is 3.08. The Morgan fingerprint density at radius 3 is 2.89 bits per heavy atom. The first-order valence-corrected chi connectivity index (χ1v) is 5.81. The minimum absolute atomic E-state index is 0.0641. The summed E-state index contributed by atoms with van der Waals surface area (Å²) in [5.74, 6) is 0. The highest BCUT2D eigenvalue weighted by molar-refractivity contribution is 5.39. The highest BCUT2D eigenvalue weighted by atomic mass is 16.6. The van der Waals surface area contributed by atoms with Crippen LogP contribution in [0.2, 0.25) is 0 Å². The van der Waals surface area contributed by atoms with Crippen molar-refractivity contribution in [3.05, 3.63) is 45.5 Å². The minimum Gasteiger partial charge on any atom is -0.309 e. The molecule has 0 bridgehead atoms. The third kappa shape index (κ3) is 2.64. The molecular formula is C12H14N4O2. The van der Waals surface area contributed by atoms with E-state index in [1.165, 1.54) is 0 Å². The fourth-order valence-electron chi connectivity index (χ4n) is 2.12. The van der Waals surface area contributed by atoms with Gasteiger partial charge < -0.3 is 5.32 Å². The zero-order valence-corrected chi connectivity index (χ0v) is 9.80. The van der Waals surface area contributed by atoms with Gasteiger partial charge in [-0.2, -0.15) is 5.26 Å². The van der Waals surface area contributed by atoms with Gasteiger partial charge >= 0.3 is 0 Å². The Morgan fingerprint density at radius 1 is 1.39 bits per heavy atom. The maximum absolute atomic E-state index is 10.7. The molecule has 1 heterocycles. The van der Waals surface area contributed by atoms with Gasteiger partial charge in [-0.1, -0.05) is 18.2 Å². The van der Waals surface area contributed by atoms with E-state index in [9.17, 15) is 10.1 Å². The minimum atomic E-state index is -0.711. The number of nitriles is 1. The number of benzene rings is 1. The summed E-state index contributed by atoms with van der Waals surface area (Å²) in [6, 6.07) is 9.40. The molecule has 2 atom stereocenters. The first-order valence-electron chi connectivity index (χ1n) is 5.81. The van der Waals surface area contributed by atoms with E-state index in [4.69, 9.17) is 5.26 Å². The number of nitro groups is 1. The largest absolute Gasteiger partial charge is 0.309 e. The molecule has 0 aliphatic carbocycles. The van der Waals surface area contributed by atoms with Crippen LogP contribution in [-0.4, -0.2) is 24.2 Å². The molecule has 18 heavy (non-hydrogen) atoms. The quantitative estimate of drug-likeness (QED) is 0.594. The van der Waals surface area contributed by atoms with Gasteiger partial charge in [0.15, 0.2) is 0 Å². The second-order valence-corrected chi connectivity index (χ2v) is 4.20. The van der Waals surface area contributed by atoms with E-state index < -0.39 is 6.17 Å². The van der Waals surface area contributed by atoms with Crippen LogP contribution in [-0.2, 0) is 0 Å². The van der Waals surface area contributed by atoms with Crippen molar-refractivity contribution in [2.75, 3.05) is 13.1 Å². The lowest BCUT2D eigenvalue weighted by atomic mass is 10.0. The van der Waals surface area contributed by atoms with Gasteiger partial charge in [0.05, 0.1) is 11.6 Å². The highest BCUT2D eigenvalue weighted by Crippen LogP contribution is 2.18. The van der Waals surface area contributed by atoms with E-state index in [0.29, 0.717) is 25.1 Å². The molecule has 0 spiro atoms. The SMILES string of the molecule is N#Cc1ccccc1C1CNC([N+](=O)[O-])CCN1. The zero-order chi connectivity index (χ0) is 13.0. The molecule has 0 amide bonds. The molecule has 1 aromatic rings. The molecule has 6 heteroatoms. The summed E-state index contributed by atoms with van der Waals surface area (Å²) in [5.41, 5.74) is 1.49. The standard InChI is InChI=1S/C12H14N4O2/c13-7-9-3-1-2-4-10(9)11-8-15-12(16(17)18)5-6-14-11/h1-4,11-12,14-15H,5-6,8H2. The van der Waals surface area contributed by atoms with Gasteiger partial charge in [0.25, 0.3) is 6.17 Å². The van der Waals surface area contributed by atoms with Gasteiger partial charge in [0, 0.05) is 30.5 Å². The Morgan fingerprint density at radius 2 is 2.17 bits per heavy atom. The Balaban J connectivity index is 2.15. The fourth-order valence-corrected chi connectivity index (χ4v) is 2.12. The first-order chi connectivity index (χ1) is 8.72. The van der Waals surface area contributed by atoms with Gasteiger partial charge in [-0.25, -0.2) is 0 Å². The van der Waals surface area contributed by atoms with Crippen molar-refractivity contribution in [2.24, 2.45) is 0 Å². The van der Waals surface area contributed by atoms with Crippen molar-refractivity contribution < 1.29 is 4.92 Å². The molecule has 1 aliphatic rings. The van der Waals surface area contributed by atoms with E-state index >= 15 is 0 Å². The summed E-state index contributed by atoms with van der Waals surface area (Å²) >= 11 is 0. The summed E-state index contributed by atoms with van der Waals surface area (Å²) in [7, 11) is 0. The second kappa shape index (κ2) is 5.58. The molecule has 2 unspecified atom stereocenters. The molecule has 2 rings (SSSR count). The van der Waals surface area contributed by atoms with Crippen LogP contribution in [0.15, 0.2) is 24.3 Å². The maximum Gasteiger partial charge on any atom is 0.267 e. The van der Waals surface area contributed by atoms with Gasteiger partial charge in [-0.3, -0.25) is 15.4 Å². The smallest absolute Gasteiger partial charge is 0.267 e.